The molecule has 132 valence electrons. The minimum absolute atomic E-state index is 0.122. The number of amides is 1. The standard InChI is InChI=1S/C17H20N4O3S/c1-4-24-13-7-5-12(9-14(13)23-3)6-8-15(22)18-16-19-17-21(20-16)11(2)10-25-17/h5,7,9-10H,4,6,8H2,1-3H3,(H,18,20,22). The summed E-state index contributed by atoms with van der Waals surface area (Å²) in [6.07, 6.45) is 0.929. The van der Waals surface area contributed by atoms with Crippen LogP contribution in [0.4, 0.5) is 5.95 Å². The third kappa shape index (κ3) is 3.90. The van der Waals surface area contributed by atoms with Crippen LogP contribution in [-0.4, -0.2) is 34.2 Å². The fourth-order valence-electron chi connectivity index (χ4n) is 2.43. The van der Waals surface area contributed by atoms with Crippen LogP contribution in [0.5, 0.6) is 11.5 Å². The van der Waals surface area contributed by atoms with E-state index in [1.807, 2.05) is 37.4 Å². The molecule has 1 amide bonds. The number of benzene rings is 1. The van der Waals surface area contributed by atoms with Gasteiger partial charge in [-0.3, -0.25) is 10.1 Å². The molecule has 0 aliphatic carbocycles. The summed E-state index contributed by atoms with van der Waals surface area (Å²) in [4.78, 5) is 17.2. The van der Waals surface area contributed by atoms with Crippen molar-refractivity contribution in [3.8, 4) is 11.5 Å². The average Bonchev–Trinajstić information content (AvgIpc) is 3.15. The lowest BCUT2D eigenvalue weighted by atomic mass is 10.1. The van der Waals surface area contributed by atoms with Crippen LogP contribution in [0, 0.1) is 6.92 Å². The molecule has 7 nitrogen and oxygen atoms in total. The SMILES string of the molecule is CCOc1ccc(CCC(=O)Nc2nc3scc(C)n3n2)cc1OC. The molecule has 1 aromatic carbocycles. The number of aryl methyl sites for hydroxylation is 2. The maximum atomic E-state index is 12.1. The Kier molecular flexibility index (Phi) is 5.18. The summed E-state index contributed by atoms with van der Waals surface area (Å²) in [6, 6.07) is 5.70. The van der Waals surface area contributed by atoms with Gasteiger partial charge in [-0.1, -0.05) is 6.07 Å². The Morgan fingerprint density at radius 3 is 2.92 bits per heavy atom. The zero-order valence-corrected chi connectivity index (χ0v) is 15.2. The molecule has 25 heavy (non-hydrogen) atoms. The predicted molar refractivity (Wildman–Crippen MR) is 96.7 cm³/mol. The number of ether oxygens (including phenoxy) is 2. The zero-order chi connectivity index (χ0) is 17.8. The molecule has 0 fully saturated rings. The summed E-state index contributed by atoms with van der Waals surface area (Å²) in [5.74, 6) is 1.59. The Bertz CT molecular complexity index is 887. The van der Waals surface area contributed by atoms with Crippen LogP contribution in [0.2, 0.25) is 0 Å². The van der Waals surface area contributed by atoms with Crippen molar-refractivity contribution in [1.82, 2.24) is 14.6 Å². The fourth-order valence-corrected chi connectivity index (χ4v) is 3.23. The quantitative estimate of drug-likeness (QED) is 0.701. The number of thiazole rings is 1. The number of nitrogens with zero attached hydrogens (tertiary/aromatic N) is 3. The molecule has 2 aromatic heterocycles. The summed E-state index contributed by atoms with van der Waals surface area (Å²) in [7, 11) is 1.60. The Morgan fingerprint density at radius 1 is 1.36 bits per heavy atom. The first-order valence-corrected chi connectivity index (χ1v) is 8.89. The number of anilines is 1. The first-order valence-electron chi connectivity index (χ1n) is 8.01. The Morgan fingerprint density at radius 2 is 2.20 bits per heavy atom. The van der Waals surface area contributed by atoms with Gasteiger partial charge < -0.3 is 9.47 Å². The molecular weight excluding hydrogens is 340 g/mol. The molecule has 0 saturated carbocycles. The first-order chi connectivity index (χ1) is 12.1. The van der Waals surface area contributed by atoms with Crippen molar-refractivity contribution in [2.75, 3.05) is 19.0 Å². The van der Waals surface area contributed by atoms with Gasteiger partial charge in [-0.2, -0.15) is 4.98 Å². The zero-order valence-electron chi connectivity index (χ0n) is 14.4. The van der Waals surface area contributed by atoms with E-state index < -0.39 is 0 Å². The monoisotopic (exact) mass is 360 g/mol. The highest BCUT2D eigenvalue weighted by molar-refractivity contribution is 7.15. The largest absolute Gasteiger partial charge is 0.493 e. The molecule has 3 rings (SSSR count). The second-order valence-electron chi connectivity index (χ2n) is 5.47. The van der Waals surface area contributed by atoms with E-state index in [0.717, 1.165) is 16.2 Å². The van der Waals surface area contributed by atoms with E-state index in [4.69, 9.17) is 9.47 Å². The molecular formula is C17H20N4O3S. The third-order valence-corrected chi connectivity index (χ3v) is 4.60. The van der Waals surface area contributed by atoms with Gasteiger partial charge in [-0.05, 0) is 38.0 Å². The molecule has 2 heterocycles. The number of fused-ring (bicyclic) bond motifs is 1. The van der Waals surface area contributed by atoms with Gasteiger partial charge in [0.15, 0.2) is 11.5 Å². The number of hydrogen-bond acceptors (Lipinski definition) is 6. The summed E-state index contributed by atoms with van der Waals surface area (Å²) in [5.41, 5.74) is 2.00. The fraction of sp³-hybridized carbons (Fsp3) is 0.353. The Hall–Kier alpha value is -2.61. The Balaban J connectivity index is 1.59. The summed E-state index contributed by atoms with van der Waals surface area (Å²) in [6.45, 7) is 4.45. The van der Waals surface area contributed by atoms with Crippen LogP contribution in [0.3, 0.4) is 0 Å². The number of aromatic nitrogens is 3. The minimum atomic E-state index is -0.122. The van der Waals surface area contributed by atoms with Crippen molar-refractivity contribution in [1.29, 1.82) is 0 Å². The number of hydrogen-bond donors (Lipinski definition) is 1. The number of rotatable bonds is 7. The van der Waals surface area contributed by atoms with E-state index in [9.17, 15) is 4.79 Å². The highest BCUT2D eigenvalue weighted by Gasteiger charge is 2.11. The lowest BCUT2D eigenvalue weighted by Crippen LogP contribution is -2.13. The maximum absolute atomic E-state index is 12.1. The lowest BCUT2D eigenvalue weighted by Gasteiger charge is -2.10. The van der Waals surface area contributed by atoms with Crippen molar-refractivity contribution in [3.63, 3.8) is 0 Å². The normalized spacial score (nSPS) is 10.8. The van der Waals surface area contributed by atoms with Crippen LogP contribution in [0.1, 0.15) is 24.6 Å². The van der Waals surface area contributed by atoms with Crippen LogP contribution in [-0.2, 0) is 11.2 Å². The molecule has 0 radical (unpaired) electrons. The van der Waals surface area contributed by atoms with Crippen LogP contribution >= 0.6 is 11.3 Å². The summed E-state index contributed by atoms with van der Waals surface area (Å²) < 4.78 is 12.5. The van der Waals surface area contributed by atoms with Crippen LogP contribution < -0.4 is 14.8 Å². The lowest BCUT2D eigenvalue weighted by molar-refractivity contribution is -0.116. The van der Waals surface area contributed by atoms with Crippen LogP contribution in [0.25, 0.3) is 4.96 Å². The molecule has 1 N–H and O–H groups in total. The van der Waals surface area contributed by atoms with E-state index >= 15 is 0 Å². The Labute approximate surface area is 149 Å². The molecule has 0 aliphatic rings. The van der Waals surface area contributed by atoms with Crippen molar-refractivity contribution in [3.05, 3.63) is 34.8 Å². The van der Waals surface area contributed by atoms with Gasteiger partial charge in [-0.15, -0.1) is 16.4 Å². The van der Waals surface area contributed by atoms with Gasteiger partial charge in [0.05, 0.1) is 19.4 Å². The van der Waals surface area contributed by atoms with E-state index in [-0.39, 0.29) is 5.91 Å². The van der Waals surface area contributed by atoms with E-state index in [0.29, 0.717) is 36.9 Å². The van der Waals surface area contributed by atoms with Crippen molar-refractivity contribution >= 4 is 28.2 Å². The van der Waals surface area contributed by atoms with Gasteiger partial charge in [0.1, 0.15) is 0 Å². The third-order valence-electron chi connectivity index (χ3n) is 3.67. The first kappa shape index (κ1) is 17.2. The molecule has 0 unspecified atom stereocenters. The number of methoxy groups -OCH3 is 1. The topological polar surface area (TPSA) is 77.8 Å². The van der Waals surface area contributed by atoms with Gasteiger partial charge >= 0.3 is 0 Å². The summed E-state index contributed by atoms with van der Waals surface area (Å²) >= 11 is 1.49. The second kappa shape index (κ2) is 7.52. The van der Waals surface area contributed by atoms with Crippen molar-refractivity contribution in [2.24, 2.45) is 0 Å². The number of carbonyl (C=O) groups excluding carboxylic acids is 1. The molecule has 0 bridgehead atoms. The molecule has 0 spiro atoms. The van der Waals surface area contributed by atoms with Gasteiger partial charge in [0.25, 0.3) is 0 Å². The minimum Gasteiger partial charge on any atom is -0.493 e. The predicted octanol–water partition coefficient (Wildman–Crippen LogP) is 3.08. The van der Waals surface area contributed by atoms with E-state index in [1.54, 1.807) is 11.6 Å². The van der Waals surface area contributed by atoms with E-state index in [2.05, 4.69) is 15.4 Å². The number of carbonyl (C=O) groups is 1. The van der Waals surface area contributed by atoms with E-state index in [1.165, 1.54) is 11.3 Å². The second-order valence-corrected chi connectivity index (χ2v) is 6.31. The molecule has 0 saturated heterocycles. The van der Waals surface area contributed by atoms with Gasteiger partial charge in [-0.25, -0.2) is 4.52 Å². The molecule has 3 aromatic rings. The van der Waals surface area contributed by atoms with Gasteiger partial charge in [0, 0.05) is 11.8 Å². The smallest absolute Gasteiger partial charge is 0.250 e. The maximum Gasteiger partial charge on any atom is 0.250 e. The van der Waals surface area contributed by atoms with Gasteiger partial charge in [0.2, 0.25) is 16.8 Å². The molecule has 8 heteroatoms. The molecule has 0 atom stereocenters. The molecule has 0 aliphatic heterocycles. The highest BCUT2D eigenvalue weighted by atomic mass is 32.1. The van der Waals surface area contributed by atoms with Crippen LogP contribution in [0.15, 0.2) is 23.6 Å². The summed E-state index contributed by atoms with van der Waals surface area (Å²) in [5, 5.41) is 8.99. The highest BCUT2D eigenvalue weighted by Crippen LogP contribution is 2.28. The number of nitrogens with one attached hydrogen (secondary N) is 1. The average molecular weight is 360 g/mol. The van der Waals surface area contributed by atoms with Crippen molar-refractivity contribution in [2.45, 2.75) is 26.7 Å². The van der Waals surface area contributed by atoms with Crippen molar-refractivity contribution < 1.29 is 14.3 Å².